The fourth-order valence-electron chi connectivity index (χ4n) is 2.48. The molecular weight excluding hydrogens is 356 g/mol. The smallest absolute Gasteiger partial charge is 0.269 e. The van der Waals surface area contributed by atoms with Gasteiger partial charge in [0, 0.05) is 23.5 Å². The highest BCUT2D eigenvalue weighted by Gasteiger charge is 2.06. The molecule has 0 bridgehead atoms. The number of guanidine groups is 1. The third kappa shape index (κ3) is 5.31. The average Bonchev–Trinajstić information content (AvgIpc) is 2.73. The molecule has 0 spiro atoms. The Kier molecular flexibility index (Phi) is 6.20. The molecule has 142 valence electrons. The number of aliphatic imine (C=N–C) groups is 1. The number of benzene rings is 3. The molecule has 0 saturated carbocycles. The molecule has 0 saturated heterocycles. The third-order valence-electron chi connectivity index (χ3n) is 3.96. The highest BCUT2D eigenvalue weighted by Crippen LogP contribution is 2.18. The van der Waals surface area contributed by atoms with Crippen molar-refractivity contribution in [1.29, 1.82) is 0 Å². The molecule has 0 amide bonds. The Hall–Kier alpha value is -3.87. The van der Waals surface area contributed by atoms with E-state index in [-0.39, 0.29) is 5.69 Å². The van der Waals surface area contributed by atoms with Gasteiger partial charge in [0.2, 0.25) is 5.96 Å². The van der Waals surface area contributed by atoms with Gasteiger partial charge in [-0.2, -0.15) is 0 Å². The van der Waals surface area contributed by atoms with Crippen molar-refractivity contribution in [3.8, 4) is 5.75 Å². The number of hydrogen-bond donors (Lipinski definition) is 2. The predicted molar refractivity (Wildman–Crippen MR) is 111 cm³/mol. The van der Waals surface area contributed by atoms with Gasteiger partial charge in [0.05, 0.1) is 18.6 Å². The summed E-state index contributed by atoms with van der Waals surface area (Å²) in [5.74, 6) is 1.29. The number of non-ortho nitro benzene ring substituents is 1. The van der Waals surface area contributed by atoms with E-state index in [4.69, 9.17) is 4.74 Å². The summed E-state index contributed by atoms with van der Waals surface area (Å²) < 4.78 is 5.18. The maximum atomic E-state index is 10.8. The maximum absolute atomic E-state index is 10.8. The number of anilines is 2. The molecule has 0 aliphatic heterocycles. The molecule has 3 aromatic carbocycles. The summed E-state index contributed by atoms with van der Waals surface area (Å²) in [5, 5.41) is 17.2. The van der Waals surface area contributed by atoms with E-state index in [0.29, 0.717) is 18.2 Å². The van der Waals surface area contributed by atoms with Crippen LogP contribution in [0.5, 0.6) is 5.75 Å². The van der Waals surface area contributed by atoms with Crippen molar-refractivity contribution in [2.75, 3.05) is 17.7 Å². The van der Waals surface area contributed by atoms with Crippen LogP contribution >= 0.6 is 0 Å². The Morgan fingerprint density at radius 2 is 1.50 bits per heavy atom. The van der Waals surface area contributed by atoms with E-state index in [0.717, 1.165) is 17.0 Å². The number of nitro groups is 1. The van der Waals surface area contributed by atoms with E-state index >= 15 is 0 Å². The van der Waals surface area contributed by atoms with E-state index in [9.17, 15) is 10.1 Å². The Labute approximate surface area is 162 Å². The summed E-state index contributed by atoms with van der Waals surface area (Å²) in [6, 6.07) is 23.5. The lowest BCUT2D eigenvalue weighted by Crippen LogP contribution is -2.22. The van der Waals surface area contributed by atoms with Crippen LogP contribution in [-0.2, 0) is 6.54 Å². The van der Waals surface area contributed by atoms with Gasteiger partial charge >= 0.3 is 0 Å². The van der Waals surface area contributed by atoms with Gasteiger partial charge < -0.3 is 15.4 Å². The number of rotatable bonds is 6. The molecule has 0 fully saturated rings. The molecule has 0 aromatic heterocycles. The first-order chi connectivity index (χ1) is 13.6. The predicted octanol–water partition coefficient (Wildman–Crippen LogP) is 4.68. The highest BCUT2D eigenvalue weighted by atomic mass is 16.6. The Morgan fingerprint density at radius 3 is 2.04 bits per heavy atom. The van der Waals surface area contributed by atoms with E-state index in [2.05, 4.69) is 15.6 Å². The zero-order chi connectivity index (χ0) is 19.8. The number of nitrogens with one attached hydrogen (secondary N) is 2. The van der Waals surface area contributed by atoms with Crippen LogP contribution < -0.4 is 15.4 Å². The zero-order valence-electron chi connectivity index (χ0n) is 15.3. The third-order valence-corrected chi connectivity index (χ3v) is 3.96. The molecule has 3 rings (SSSR count). The molecule has 0 atom stereocenters. The van der Waals surface area contributed by atoms with Crippen LogP contribution in [0.4, 0.5) is 17.1 Å². The molecule has 0 aliphatic carbocycles. The van der Waals surface area contributed by atoms with Crippen LogP contribution in [0.15, 0.2) is 83.9 Å². The van der Waals surface area contributed by atoms with Gasteiger partial charge in [0.15, 0.2) is 0 Å². The van der Waals surface area contributed by atoms with Gasteiger partial charge in [0.25, 0.3) is 5.69 Å². The lowest BCUT2D eigenvalue weighted by Gasteiger charge is -2.13. The Morgan fingerprint density at radius 1 is 0.929 bits per heavy atom. The van der Waals surface area contributed by atoms with Crippen LogP contribution in [0, 0.1) is 10.1 Å². The minimum atomic E-state index is -0.427. The van der Waals surface area contributed by atoms with Gasteiger partial charge in [-0.3, -0.25) is 10.1 Å². The SMILES string of the molecule is COc1ccc(NC(=NCc2ccccc2)Nc2ccc([N+](=O)[O-])cc2)cc1. The summed E-state index contributed by atoms with van der Waals surface area (Å²) in [4.78, 5) is 15.0. The summed E-state index contributed by atoms with van der Waals surface area (Å²) in [7, 11) is 1.62. The number of hydrogen-bond acceptors (Lipinski definition) is 4. The van der Waals surface area contributed by atoms with Crippen molar-refractivity contribution in [2.45, 2.75) is 6.54 Å². The minimum absolute atomic E-state index is 0.0384. The topological polar surface area (TPSA) is 88.8 Å². The van der Waals surface area contributed by atoms with Crippen LogP contribution in [0.3, 0.4) is 0 Å². The quantitative estimate of drug-likeness (QED) is 0.282. The van der Waals surface area contributed by atoms with Gasteiger partial charge in [-0.05, 0) is 42.0 Å². The van der Waals surface area contributed by atoms with E-state index in [1.165, 1.54) is 12.1 Å². The van der Waals surface area contributed by atoms with Gasteiger partial charge in [-0.25, -0.2) is 4.99 Å². The highest BCUT2D eigenvalue weighted by molar-refractivity contribution is 6.03. The largest absolute Gasteiger partial charge is 0.497 e. The molecular formula is C21H20N4O3. The first-order valence-electron chi connectivity index (χ1n) is 8.65. The molecule has 7 heteroatoms. The van der Waals surface area contributed by atoms with Crippen LogP contribution in [0.25, 0.3) is 0 Å². The van der Waals surface area contributed by atoms with Crippen LogP contribution in [0.1, 0.15) is 5.56 Å². The molecule has 0 heterocycles. The first-order valence-corrected chi connectivity index (χ1v) is 8.65. The van der Waals surface area contributed by atoms with E-state index < -0.39 is 4.92 Å². The number of nitro benzene ring substituents is 1. The molecule has 3 aromatic rings. The first kappa shape index (κ1) is 18.9. The van der Waals surface area contributed by atoms with Crippen molar-refractivity contribution in [2.24, 2.45) is 4.99 Å². The average molecular weight is 376 g/mol. The van der Waals surface area contributed by atoms with Crippen LogP contribution in [-0.4, -0.2) is 18.0 Å². The lowest BCUT2D eigenvalue weighted by molar-refractivity contribution is -0.384. The summed E-state index contributed by atoms with van der Waals surface area (Å²) in [5.41, 5.74) is 2.64. The monoisotopic (exact) mass is 376 g/mol. The second-order valence-corrected chi connectivity index (χ2v) is 5.93. The molecule has 2 N–H and O–H groups in total. The van der Waals surface area contributed by atoms with Gasteiger partial charge in [-0.15, -0.1) is 0 Å². The summed E-state index contributed by atoms with van der Waals surface area (Å²) in [6.45, 7) is 0.485. The lowest BCUT2D eigenvalue weighted by atomic mass is 10.2. The Balaban J connectivity index is 1.79. The van der Waals surface area contributed by atoms with Crippen molar-refractivity contribution < 1.29 is 9.66 Å². The van der Waals surface area contributed by atoms with Crippen molar-refractivity contribution in [1.82, 2.24) is 0 Å². The fourth-order valence-corrected chi connectivity index (χ4v) is 2.48. The minimum Gasteiger partial charge on any atom is -0.497 e. The van der Waals surface area contributed by atoms with Gasteiger partial charge in [0.1, 0.15) is 5.75 Å². The van der Waals surface area contributed by atoms with Crippen molar-refractivity contribution >= 4 is 23.0 Å². The van der Waals surface area contributed by atoms with Crippen LogP contribution in [0.2, 0.25) is 0 Å². The second kappa shape index (κ2) is 9.18. The summed E-state index contributed by atoms with van der Waals surface area (Å²) in [6.07, 6.45) is 0. The molecule has 0 radical (unpaired) electrons. The van der Waals surface area contributed by atoms with Crippen molar-refractivity contribution in [3.05, 3.63) is 94.5 Å². The molecule has 7 nitrogen and oxygen atoms in total. The van der Waals surface area contributed by atoms with E-state index in [1.807, 2.05) is 54.6 Å². The summed E-state index contributed by atoms with van der Waals surface area (Å²) >= 11 is 0. The standard InChI is InChI=1S/C21H20N4O3/c1-28-20-13-9-18(10-14-20)24-21(22-15-16-5-3-2-4-6-16)23-17-7-11-19(12-8-17)25(26)27/h2-14H,15H2,1H3,(H2,22,23,24). The normalized spacial score (nSPS) is 11.0. The fraction of sp³-hybridized carbons (Fsp3) is 0.0952. The Bertz CT molecular complexity index is 940. The van der Waals surface area contributed by atoms with Crippen molar-refractivity contribution in [3.63, 3.8) is 0 Å². The number of nitrogens with zero attached hydrogens (tertiary/aromatic N) is 2. The number of methoxy groups -OCH3 is 1. The maximum Gasteiger partial charge on any atom is 0.269 e. The number of ether oxygens (including phenoxy) is 1. The molecule has 0 aliphatic rings. The van der Waals surface area contributed by atoms with E-state index in [1.54, 1.807) is 19.2 Å². The second-order valence-electron chi connectivity index (χ2n) is 5.93. The zero-order valence-corrected chi connectivity index (χ0v) is 15.3. The molecule has 0 unspecified atom stereocenters. The molecule has 28 heavy (non-hydrogen) atoms. The van der Waals surface area contributed by atoms with Gasteiger partial charge in [-0.1, -0.05) is 30.3 Å².